The zero-order chi connectivity index (χ0) is 17.3. The van der Waals surface area contributed by atoms with Gasteiger partial charge in [0.1, 0.15) is 12.7 Å². The average molecular weight is 338 g/mol. The van der Waals surface area contributed by atoms with Gasteiger partial charge in [0, 0.05) is 12.0 Å². The van der Waals surface area contributed by atoms with Crippen molar-refractivity contribution in [3.63, 3.8) is 0 Å². The molecule has 1 aliphatic rings. The highest BCUT2D eigenvalue weighted by Crippen LogP contribution is 2.51. The minimum Gasteiger partial charge on any atom is -0.352 e. The summed E-state index contributed by atoms with van der Waals surface area (Å²) in [6.45, 7) is 2.28. The van der Waals surface area contributed by atoms with Crippen LogP contribution in [0.1, 0.15) is 30.4 Å². The van der Waals surface area contributed by atoms with E-state index in [2.05, 4.69) is 15.4 Å². The largest absolute Gasteiger partial charge is 0.416 e. The van der Waals surface area contributed by atoms with Gasteiger partial charge in [-0.25, -0.2) is 4.98 Å². The Morgan fingerprint density at radius 2 is 2.17 bits per heavy atom. The van der Waals surface area contributed by atoms with E-state index in [1.54, 1.807) is 17.1 Å². The molecule has 1 aliphatic carbocycles. The van der Waals surface area contributed by atoms with Gasteiger partial charge in [0.15, 0.2) is 0 Å². The van der Waals surface area contributed by atoms with Crippen LogP contribution in [-0.4, -0.2) is 26.7 Å². The Balaban J connectivity index is 1.62. The lowest BCUT2D eigenvalue weighted by atomic mass is 10.0. The van der Waals surface area contributed by atoms with Crippen molar-refractivity contribution >= 4 is 5.91 Å². The van der Waals surface area contributed by atoms with E-state index in [9.17, 15) is 18.0 Å². The molecule has 128 valence electrons. The van der Waals surface area contributed by atoms with E-state index in [0.717, 1.165) is 6.07 Å². The number of rotatable bonds is 5. The number of carbonyl (C=O) groups is 1. The van der Waals surface area contributed by atoms with E-state index in [1.165, 1.54) is 18.5 Å². The molecule has 5 nitrogen and oxygen atoms in total. The Hall–Kier alpha value is -2.38. The normalized spacial score (nSPS) is 21.3. The van der Waals surface area contributed by atoms with Crippen LogP contribution in [0.3, 0.4) is 0 Å². The van der Waals surface area contributed by atoms with Crippen LogP contribution in [0, 0.1) is 5.92 Å². The van der Waals surface area contributed by atoms with Crippen molar-refractivity contribution in [2.24, 2.45) is 5.92 Å². The van der Waals surface area contributed by atoms with Gasteiger partial charge in [-0.2, -0.15) is 18.3 Å². The Morgan fingerprint density at radius 1 is 1.42 bits per heavy atom. The molecule has 0 aliphatic heterocycles. The maximum absolute atomic E-state index is 13.1. The second kappa shape index (κ2) is 6.26. The average Bonchev–Trinajstić information content (AvgIpc) is 3.17. The van der Waals surface area contributed by atoms with Gasteiger partial charge in [-0.3, -0.25) is 9.48 Å². The lowest BCUT2D eigenvalue weighted by molar-refractivity contribution is -0.138. The van der Waals surface area contributed by atoms with Crippen molar-refractivity contribution in [1.82, 2.24) is 20.1 Å². The lowest BCUT2D eigenvalue weighted by Gasteiger charge is -2.15. The van der Waals surface area contributed by atoms with Gasteiger partial charge in [-0.1, -0.05) is 18.2 Å². The third kappa shape index (κ3) is 3.58. The van der Waals surface area contributed by atoms with E-state index in [1.807, 2.05) is 6.92 Å². The number of carbonyl (C=O) groups excluding carboxylic acids is 1. The molecule has 24 heavy (non-hydrogen) atoms. The molecule has 1 fully saturated rings. The molecule has 1 heterocycles. The van der Waals surface area contributed by atoms with Crippen LogP contribution in [0.5, 0.6) is 0 Å². The second-order valence-electron chi connectivity index (χ2n) is 6.06. The van der Waals surface area contributed by atoms with Crippen LogP contribution in [-0.2, 0) is 17.5 Å². The van der Waals surface area contributed by atoms with Gasteiger partial charge in [-0.15, -0.1) is 0 Å². The van der Waals surface area contributed by atoms with Crippen LogP contribution < -0.4 is 5.32 Å². The molecule has 0 spiro atoms. The first-order chi connectivity index (χ1) is 11.4. The maximum atomic E-state index is 13.1. The molecule has 2 aromatic rings. The number of benzene rings is 1. The predicted octanol–water partition coefficient (Wildman–Crippen LogP) is 2.61. The quantitative estimate of drug-likeness (QED) is 0.912. The van der Waals surface area contributed by atoms with E-state index >= 15 is 0 Å². The molecule has 0 radical (unpaired) electrons. The van der Waals surface area contributed by atoms with Gasteiger partial charge < -0.3 is 5.32 Å². The van der Waals surface area contributed by atoms with Crippen LogP contribution in [0.2, 0.25) is 0 Å². The van der Waals surface area contributed by atoms with Gasteiger partial charge >= 0.3 is 6.18 Å². The topological polar surface area (TPSA) is 59.8 Å². The highest BCUT2D eigenvalue weighted by molar-refractivity contribution is 5.83. The Bertz CT molecular complexity index is 714. The molecule has 0 saturated heterocycles. The summed E-state index contributed by atoms with van der Waals surface area (Å²) >= 11 is 0. The number of hydrogen-bond acceptors (Lipinski definition) is 3. The van der Waals surface area contributed by atoms with E-state index in [-0.39, 0.29) is 23.4 Å². The van der Waals surface area contributed by atoms with Crippen LogP contribution >= 0.6 is 0 Å². The number of nitrogens with zero attached hydrogens (tertiary/aromatic N) is 3. The summed E-state index contributed by atoms with van der Waals surface area (Å²) in [5.74, 6) is -1.00. The van der Waals surface area contributed by atoms with E-state index in [0.29, 0.717) is 13.0 Å². The number of halogens is 3. The molecule has 1 aromatic carbocycles. The summed E-state index contributed by atoms with van der Waals surface area (Å²) in [5.41, 5.74) is -0.449. The van der Waals surface area contributed by atoms with Crippen molar-refractivity contribution in [3.8, 4) is 0 Å². The van der Waals surface area contributed by atoms with E-state index < -0.39 is 17.7 Å². The molecular weight excluding hydrogens is 321 g/mol. The smallest absolute Gasteiger partial charge is 0.352 e. The highest BCUT2D eigenvalue weighted by atomic mass is 19.4. The first-order valence-electron chi connectivity index (χ1n) is 7.65. The highest BCUT2D eigenvalue weighted by Gasteiger charge is 2.47. The first kappa shape index (κ1) is 16.5. The predicted molar refractivity (Wildman–Crippen MR) is 79.9 cm³/mol. The second-order valence-corrected chi connectivity index (χ2v) is 6.06. The fourth-order valence-corrected chi connectivity index (χ4v) is 2.91. The molecule has 3 rings (SSSR count). The Kier molecular flexibility index (Phi) is 4.29. The summed E-state index contributed by atoms with van der Waals surface area (Å²) < 4.78 is 40.8. The summed E-state index contributed by atoms with van der Waals surface area (Å²) in [5, 5.41) is 6.78. The first-order valence-corrected chi connectivity index (χ1v) is 7.65. The van der Waals surface area contributed by atoms with E-state index in [4.69, 9.17) is 0 Å². The molecule has 8 heteroatoms. The fourth-order valence-electron chi connectivity index (χ4n) is 2.91. The molecule has 1 aromatic heterocycles. The summed E-state index contributed by atoms with van der Waals surface area (Å²) in [6.07, 6.45) is -1.02. The van der Waals surface area contributed by atoms with Crippen LogP contribution in [0.15, 0.2) is 36.9 Å². The number of hydrogen-bond donors (Lipinski definition) is 1. The Labute approximate surface area is 136 Å². The third-order valence-corrected chi connectivity index (χ3v) is 4.11. The molecule has 3 atom stereocenters. The number of aromatic nitrogens is 3. The summed E-state index contributed by atoms with van der Waals surface area (Å²) in [6, 6.07) is 5.28. The number of alkyl halides is 3. The number of amides is 1. The monoisotopic (exact) mass is 338 g/mol. The van der Waals surface area contributed by atoms with Crippen LogP contribution in [0.25, 0.3) is 0 Å². The Morgan fingerprint density at radius 3 is 2.83 bits per heavy atom. The minimum atomic E-state index is -4.40. The SMILES string of the molecule is CC(Cn1cncn1)NC(=O)C1CC1c1ccccc1C(F)(F)F. The van der Waals surface area contributed by atoms with Crippen molar-refractivity contribution < 1.29 is 18.0 Å². The molecule has 1 amide bonds. The molecule has 0 bridgehead atoms. The molecule has 1 N–H and O–H groups in total. The van der Waals surface area contributed by atoms with Crippen molar-refractivity contribution in [1.29, 1.82) is 0 Å². The van der Waals surface area contributed by atoms with Gasteiger partial charge in [-0.05, 0) is 30.9 Å². The molecule has 3 unspecified atom stereocenters. The van der Waals surface area contributed by atoms with Gasteiger partial charge in [0.25, 0.3) is 0 Å². The zero-order valence-electron chi connectivity index (χ0n) is 13.0. The zero-order valence-corrected chi connectivity index (χ0v) is 13.0. The third-order valence-electron chi connectivity index (χ3n) is 4.11. The van der Waals surface area contributed by atoms with Crippen LogP contribution in [0.4, 0.5) is 13.2 Å². The lowest BCUT2D eigenvalue weighted by Crippen LogP contribution is -2.37. The summed E-state index contributed by atoms with van der Waals surface area (Å²) in [7, 11) is 0. The maximum Gasteiger partial charge on any atom is 0.416 e. The minimum absolute atomic E-state index is 0.182. The fraction of sp³-hybridized carbons (Fsp3) is 0.438. The number of nitrogens with one attached hydrogen (secondary N) is 1. The molecule has 1 saturated carbocycles. The summed E-state index contributed by atoms with van der Waals surface area (Å²) in [4.78, 5) is 16.1. The van der Waals surface area contributed by atoms with Crippen molar-refractivity contribution in [3.05, 3.63) is 48.0 Å². The molecular formula is C16H17F3N4O. The van der Waals surface area contributed by atoms with Gasteiger partial charge in [0.05, 0.1) is 12.1 Å². The van der Waals surface area contributed by atoms with Crippen molar-refractivity contribution in [2.45, 2.75) is 38.0 Å². The van der Waals surface area contributed by atoms with Gasteiger partial charge in [0.2, 0.25) is 5.91 Å². The standard InChI is InChI=1S/C16H17F3N4O/c1-10(7-23-9-20-8-21-23)22-15(24)13-6-12(13)11-4-2-3-5-14(11)16(17,18)19/h2-5,8-10,12-13H,6-7H2,1H3,(H,22,24). The van der Waals surface area contributed by atoms with Crippen molar-refractivity contribution in [2.75, 3.05) is 0 Å².